The van der Waals surface area contributed by atoms with Crippen molar-refractivity contribution in [2.45, 2.75) is 13.2 Å². The first-order valence-electron chi connectivity index (χ1n) is 9.03. The predicted molar refractivity (Wildman–Crippen MR) is 112 cm³/mol. The van der Waals surface area contributed by atoms with Gasteiger partial charge in [0.2, 0.25) is 0 Å². The van der Waals surface area contributed by atoms with E-state index in [4.69, 9.17) is 4.74 Å². The number of methoxy groups -OCH3 is 1. The van der Waals surface area contributed by atoms with Gasteiger partial charge in [0.25, 0.3) is 0 Å². The number of nitrogens with zero attached hydrogens (tertiary/aromatic N) is 2. The zero-order valence-corrected chi connectivity index (χ0v) is 17.3. The molecule has 0 aliphatic heterocycles. The molecular formula is C23H20N2O2Se. The molecule has 0 fully saturated rings. The van der Waals surface area contributed by atoms with Crippen LogP contribution in [0.2, 0.25) is 0 Å². The molecule has 0 N–H and O–H groups in total. The fourth-order valence-electron chi connectivity index (χ4n) is 3.40. The molecule has 4 aromatic rings. The third-order valence-electron chi connectivity index (χ3n) is 4.58. The van der Waals surface area contributed by atoms with E-state index in [1.54, 1.807) is 13.3 Å². The van der Waals surface area contributed by atoms with Crippen LogP contribution in [-0.4, -0.2) is 36.3 Å². The quantitative estimate of drug-likeness (QED) is 0.418. The molecule has 0 bridgehead atoms. The third-order valence-corrected chi connectivity index (χ3v) is 6.44. The SMILES string of the molecule is COCn1c(C(=O)[Se]c2ccccc2)c(Cc2cccnc2)c2ccccc21. The first-order chi connectivity index (χ1) is 13.8. The summed E-state index contributed by atoms with van der Waals surface area (Å²) >= 11 is -0.301. The Balaban J connectivity index is 1.85. The van der Waals surface area contributed by atoms with E-state index in [0.29, 0.717) is 13.2 Å². The molecule has 0 unspecified atom stereocenters. The normalized spacial score (nSPS) is 11.0. The molecule has 140 valence electrons. The molecule has 2 aromatic heterocycles. The zero-order valence-electron chi connectivity index (χ0n) is 15.5. The van der Waals surface area contributed by atoms with Gasteiger partial charge in [-0.15, -0.1) is 0 Å². The number of aromatic nitrogens is 2. The monoisotopic (exact) mass is 436 g/mol. The van der Waals surface area contributed by atoms with Gasteiger partial charge in [0, 0.05) is 0 Å². The van der Waals surface area contributed by atoms with E-state index in [1.807, 2.05) is 71.4 Å². The van der Waals surface area contributed by atoms with Crippen LogP contribution in [-0.2, 0) is 17.9 Å². The van der Waals surface area contributed by atoms with Crippen molar-refractivity contribution in [2.24, 2.45) is 0 Å². The van der Waals surface area contributed by atoms with Crippen LogP contribution in [0.5, 0.6) is 0 Å². The summed E-state index contributed by atoms with van der Waals surface area (Å²) in [6, 6.07) is 22.1. The molecule has 4 rings (SSSR count). The van der Waals surface area contributed by atoms with Crippen LogP contribution < -0.4 is 4.46 Å². The molecule has 0 aliphatic carbocycles. The van der Waals surface area contributed by atoms with Crippen LogP contribution in [0.1, 0.15) is 21.6 Å². The van der Waals surface area contributed by atoms with Gasteiger partial charge >= 0.3 is 170 Å². The topological polar surface area (TPSA) is 44.1 Å². The first kappa shape index (κ1) is 18.6. The number of pyridine rings is 1. The Bertz CT molecular complexity index is 1090. The molecule has 4 nitrogen and oxygen atoms in total. The summed E-state index contributed by atoms with van der Waals surface area (Å²) in [6.45, 7) is 0.347. The molecule has 0 aliphatic rings. The van der Waals surface area contributed by atoms with Gasteiger partial charge in [0.1, 0.15) is 0 Å². The first-order valence-corrected chi connectivity index (χ1v) is 10.7. The van der Waals surface area contributed by atoms with E-state index in [9.17, 15) is 4.79 Å². The van der Waals surface area contributed by atoms with E-state index in [1.165, 1.54) is 0 Å². The van der Waals surface area contributed by atoms with Gasteiger partial charge < -0.3 is 0 Å². The van der Waals surface area contributed by atoms with Crippen molar-refractivity contribution in [1.29, 1.82) is 0 Å². The Hall–Kier alpha value is -2.72. The number of para-hydroxylation sites is 1. The molecule has 5 heteroatoms. The molecule has 0 atom stereocenters. The van der Waals surface area contributed by atoms with E-state index >= 15 is 0 Å². The Labute approximate surface area is 170 Å². The summed E-state index contributed by atoms with van der Waals surface area (Å²) in [6.07, 6.45) is 4.29. The fraction of sp³-hybridized carbons (Fsp3) is 0.130. The Morgan fingerprint density at radius 2 is 1.82 bits per heavy atom. The van der Waals surface area contributed by atoms with E-state index in [0.717, 1.165) is 32.2 Å². The number of fused-ring (bicyclic) bond motifs is 1. The summed E-state index contributed by atoms with van der Waals surface area (Å²) in [5.74, 6) is 0. The number of hydrogen-bond acceptors (Lipinski definition) is 3. The van der Waals surface area contributed by atoms with E-state index in [2.05, 4.69) is 11.1 Å². The van der Waals surface area contributed by atoms with Crippen molar-refractivity contribution < 1.29 is 9.53 Å². The summed E-state index contributed by atoms with van der Waals surface area (Å²) in [4.78, 5) is 17.7. The average molecular weight is 435 g/mol. The molecule has 2 heterocycles. The standard InChI is InChI=1S/C23H20N2O2Se/c1-27-16-25-21-12-6-5-11-19(21)20(14-17-8-7-13-24-15-17)22(25)23(26)28-18-9-3-2-4-10-18/h2-13,15H,14,16H2,1H3. The van der Waals surface area contributed by atoms with Crippen molar-refractivity contribution >= 4 is 35.0 Å². The minimum absolute atomic E-state index is 0.158. The third kappa shape index (κ3) is 3.78. The molecule has 0 spiro atoms. The Morgan fingerprint density at radius 1 is 1.04 bits per heavy atom. The van der Waals surface area contributed by atoms with Gasteiger partial charge in [-0.3, -0.25) is 0 Å². The number of benzene rings is 2. The molecule has 28 heavy (non-hydrogen) atoms. The van der Waals surface area contributed by atoms with E-state index in [-0.39, 0.29) is 19.6 Å². The van der Waals surface area contributed by atoms with Crippen molar-refractivity contribution in [1.82, 2.24) is 9.55 Å². The van der Waals surface area contributed by atoms with Crippen molar-refractivity contribution in [2.75, 3.05) is 7.11 Å². The number of carbonyl (C=O) groups is 1. The summed E-state index contributed by atoms with van der Waals surface area (Å²) in [5.41, 5.74) is 3.90. The molecule has 2 aromatic carbocycles. The summed E-state index contributed by atoms with van der Waals surface area (Å²) in [7, 11) is 1.66. The van der Waals surface area contributed by atoms with Crippen molar-refractivity contribution in [3.8, 4) is 0 Å². The zero-order chi connectivity index (χ0) is 19.3. The number of carbonyl (C=O) groups excluding carboxylic acids is 1. The molecule has 0 radical (unpaired) electrons. The fourth-order valence-corrected chi connectivity index (χ4v) is 5.16. The van der Waals surface area contributed by atoms with Gasteiger partial charge in [-0.2, -0.15) is 0 Å². The second-order valence-corrected chi connectivity index (χ2v) is 8.63. The van der Waals surface area contributed by atoms with Crippen LogP contribution in [0.4, 0.5) is 0 Å². The molecule has 0 amide bonds. The number of ether oxygens (including phenoxy) is 1. The van der Waals surface area contributed by atoms with Gasteiger partial charge in [0.15, 0.2) is 0 Å². The van der Waals surface area contributed by atoms with Gasteiger partial charge in [-0.25, -0.2) is 0 Å². The molecule has 0 saturated carbocycles. The minimum atomic E-state index is -0.301. The van der Waals surface area contributed by atoms with Gasteiger partial charge in [0.05, 0.1) is 0 Å². The molecule has 0 saturated heterocycles. The van der Waals surface area contributed by atoms with E-state index < -0.39 is 0 Å². The number of rotatable bonds is 7. The van der Waals surface area contributed by atoms with Crippen LogP contribution in [0.3, 0.4) is 0 Å². The van der Waals surface area contributed by atoms with Crippen molar-refractivity contribution in [3.05, 3.63) is 95.9 Å². The van der Waals surface area contributed by atoms with Crippen LogP contribution in [0, 0.1) is 0 Å². The predicted octanol–water partition coefficient (Wildman–Crippen LogP) is 3.40. The second-order valence-electron chi connectivity index (χ2n) is 6.43. The molecular weight excluding hydrogens is 415 g/mol. The average Bonchev–Trinajstić information content (AvgIpc) is 3.03. The van der Waals surface area contributed by atoms with Crippen LogP contribution in [0.15, 0.2) is 79.1 Å². The van der Waals surface area contributed by atoms with Gasteiger partial charge in [-0.05, 0) is 0 Å². The summed E-state index contributed by atoms with van der Waals surface area (Å²) < 4.78 is 8.68. The number of hydrogen-bond donors (Lipinski definition) is 0. The maximum absolute atomic E-state index is 13.4. The van der Waals surface area contributed by atoms with Crippen LogP contribution in [0.25, 0.3) is 10.9 Å². The summed E-state index contributed by atoms with van der Waals surface area (Å²) in [5, 5.41) is 1.09. The van der Waals surface area contributed by atoms with Gasteiger partial charge in [-0.1, -0.05) is 0 Å². The Kier molecular flexibility index (Phi) is 5.68. The Morgan fingerprint density at radius 3 is 2.57 bits per heavy atom. The van der Waals surface area contributed by atoms with Crippen LogP contribution >= 0.6 is 0 Å². The maximum atomic E-state index is 13.4. The van der Waals surface area contributed by atoms with Crippen molar-refractivity contribution in [3.63, 3.8) is 0 Å². The second kappa shape index (κ2) is 8.53.